The van der Waals surface area contributed by atoms with Gasteiger partial charge in [0.05, 0.1) is 0 Å². The van der Waals surface area contributed by atoms with Crippen LogP contribution in [0.25, 0.3) is 0 Å². The van der Waals surface area contributed by atoms with Crippen LogP contribution < -0.4 is 5.48 Å². The Bertz CT molecular complexity index is 1350. The molecule has 0 aliphatic heterocycles. The van der Waals surface area contributed by atoms with Gasteiger partial charge in [0.2, 0.25) is 0 Å². The third-order valence-corrected chi connectivity index (χ3v) is 8.24. The molecule has 0 saturated heterocycles. The standard InChI is InChI=1S/C31H32FNO3S/c1-30(2)15-16-31(3,4)28-25(30)17-23(18-27(28)37-19-21-7-12-24(32)13-8-21)26(34)14-9-20-5-10-22(11-6-20)29(35)33-36/h5-8,10-13,17-18,26,34,36H,15-16,19H2,1-4H3,(H,33,35). The van der Waals surface area contributed by atoms with E-state index in [-0.39, 0.29) is 16.6 Å². The maximum Gasteiger partial charge on any atom is 0.274 e. The number of nitrogens with one attached hydrogen (secondary N) is 1. The van der Waals surface area contributed by atoms with Crippen LogP contribution in [0.5, 0.6) is 0 Å². The molecule has 1 unspecified atom stereocenters. The minimum atomic E-state index is -0.989. The number of hydrogen-bond donors (Lipinski definition) is 3. The molecule has 37 heavy (non-hydrogen) atoms. The number of rotatable bonds is 5. The lowest BCUT2D eigenvalue weighted by Gasteiger charge is -2.43. The van der Waals surface area contributed by atoms with Gasteiger partial charge in [-0.25, -0.2) is 9.87 Å². The lowest BCUT2D eigenvalue weighted by molar-refractivity contribution is 0.0706. The van der Waals surface area contributed by atoms with Gasteiger partial charge in [0, 0.05) is 21.8 Å². The molecule has 0 bridgehead atoms. The molecule has 0 fully saturated rings. The molecule has 4 rings (SSSR count). The van der Waals surface area contributed by atoms with Crippen molar-refractivity contribution in [2.75, 3.05) is 0 Å². The Morgan fingerprint density at radius 1 is 1.03 bits per heavy atom. The van der Waals surface area contributed by atoms with Gasteiger partial charge in [0.25, 0.3) is 5.91 Å². The van der Waals surface area contributed by atoms with Crippen molar-refractivity contribution in [3.8, 4) is 11.8 Å². The number of carbonyl (C=O) groups excluding carboxylic acids is 1. The fraction of sp³-hybridized carbons (Fsp3) is 0.323. The van der Waals surface area contributed by atoms with E-state index in [0.717, 1.165) is 28.9 Å². The Morgan fingerprint density at radius 3 is 2.32 bits per heavy atom. The van der Waals surface area contributed by atoms with Crippen LogP contribution in [0.3, 0.4) is 0 Å². The van der Waals surface area contributed by atoms with Crippen LogP contribution in [0.4, 0.5) is 4.39 Å². The fourth-order valence-corrected chi connectivity index (χ4v) is 6.04. The summed E-state index contributed by atoms with van der Waals surface area (Å²) in [5, 5.41) is 19.9. The number of thioether (sulfide) groups is 1. The number of carbonyl (C=O) groups is 1. The molecule has 1 aliphatic rings. The molecule has 192 valence electrons. The van der Waals surface area contributed by atoms with Crippen molar-refractivity contribution in [3.05, 3.63) is 99.9 Å². The number of fused-ring (bicyclic) bond motifs is 1. The van der Waals surface area contributed by atoms with E-state index in [0.29, 0.717) is 16.9 Å². The zero-order valence-corrected chi connectivity index (χ0v) is 22.4. The van der Waals surface area contributed by atoms with Crippen LogP contribution in [-0.4, -0.2) is 16.2 Å². The summed E-state index contributed by atoms with van der Waals surface area (Å²) in [7, 11) is 0. The molecule has 0 aromatic heterocycles. The lowest BCUT2D eigenvalue weighted by Crippen LogP contribution is -2.34. The highest BCUT2D eigenvalue weighted by Crippen LogP contribution is 2.50. The van der Waals surface area contributed by atoms with E-state index in [2.05, 4.69) is 45.6 Å². The molecule has 0 spiro atoms. The number of benzene rings is 3. The van der Waals surface area contributed by atoms with E-state index in [1.54, 1.807) is 41.5 Å². The van der Waals surface area contributed by atoms with Gasteiger partial charge >= 0.3 is 0 Å². The van der Waals surface area contributed by atoms with Gasteiger partial charge in [-0.05, 0) is 88.4 Å². The van der Waals surface area contributed by atoms with Gasteiger partial charge in [-0.2, -0.15) is 0 Å². The summed E-state index contributed by atoms with van der Waals surface area (Å²) < 4.78 is 13.4. The molecule has 1 atom stereocenters. The highest BCUT2D eigenvalue weighted by Gasteiger charge is 2.39. The van der Waals surface area contributed by atoms with Crippen LogP contribution in [0.2, 0.25) is 0 Å². The molecule has 4 nitrogen and oxygen atoms in total. The Morgan fingerprint density at radius 2 is 1.68 bits per heavy atom. The number of amides is 1. The molecule has 1 aliphatic carbocycles. The van der Waals surface area contributed by atoms with Crippen molar-refractivity contribution in [1.29, 1.82) is 0 Å². The molecule has 3 aromatic carbocycles. The van der Waals surface area contributed by atoms with Gasteiger partial charge in [-0.3, -0.25) is 10.0 Å². The number of hydrogen-bond acceptors (Lipinski definition) is 4. The molecule has 1 amide bonds. The van der Waals surface area contributed by atoms with Crippen LogP contribution >= 0.6 is 11.8 Å². The maximum atomic E-state index is 13.4. The Labute approximate surface area is 222 Å². The molecule has 0 saturated carbocycles. The first-order chi connectivity index (χ1) is 17.5. The van der Waals surface area contributed by atoms with Crippen molar-refractivity contribution >= 4 is 17.7 Å². The smallest absolute Gasteiger partial charge is 0.274 e. The number of aliphatic hydroxyl groups excluding tert-OH is 1. The largest absolute Gasteiger partial charge is 0.376 e. The van der Waals surface area contributed by atoms with Gasteiger partial charge in [0.1, 0.15) is 11.9 Å². The molecule has 3 aromatic rings. The zero-order chi connectivity index (χ0) is 26.8. The second-order valence-corrected chi connectivity index (χ2v) is 11.8. The van der Waals surface area contributed by atoms with E-state index in [1.807, 2.05) is 18.2 Å². The van der Waals surface area contributed by atoms with E-state index in [4.69, 9.17) is 5.21 Å². The van der Waals surface area contributed by atoms with Crippen molar-refractivity contribution in [3.63, 3.8) is 0 Å². The summed E-state index contributed by atoms with van der Waals surface area (Å²) in [6, 6.07) is 17.2. The van der Waals surface area contributed by atoms with E-state index in [1.165, 1.54) is 23.3 Å². The molecule has 0 heterocycles. The molecule has 0 radical (unpaired) electrons. The summed E-state index contributed by atoms with van der Waals surface area (Å²) in [5.74, 6) is 5.79. The highest BCUT2D eigenvalue weighted by molar-refractivity contribution is 7.98. The molecule has 6 heteroatoms. The SMILES string of the molecule is CC1(C)CCC(C)(C)c2c(SCc3ccc(F)cc3)cc(C(O)C#Cc3ccc(C(=O)NO)cc3)cc21. The Balaban J connectivity index is 1.69. The first-order valence-electron chi connectivity index (χ1n) is 12.3. The predicted molar refractivity (Wildman–Crippen MR) is 145 cm³/mol. The predicted octanol–water partition coefficient (Wildman–Crippen LogP) is 6.67. The average molecular weight is 518 g/mol. The maximum absolute atomic E-state index is 13.4. The van der Waals surface area contributed by atoms with Crippen molar-refractivity contribution in [2.24, 2.45) is 0 Å². The first-order valence-corrected chi connectivity index (χ1v) is 13.3. The van der Waals surface area contributed by atoms with Crippen LogP contribution in [0, 0.1) is 17.7 Å². The minimum absolute atomic E-state index is 0.00620. The van der Waals surface area contributed by atoms with Crippen molar-refractivity contribution in [2.45, 2.75) is 68.1 Å². The Hall–Kier alpha value is -3.11. The quantitative estimate of drug-likeness (QED) is 0.153. The Kier molecular flexibility index (Phi) is 7.80. The van der Waals surface area contributed by atoms with Gasteiger partial charge < -0.3 is 5.11 Å². The van der Waals surface area contributed by atoms with Crippen molar-refractivity contribution < 1.29 is 19.5 Å². The van der Waals surface area contributed by atoms with Crippen molar-refractivity contribution in [1.82, 2.24) is 5.48 Å². The highest BCUT2D eigenvalue weighted by atomic mass is 32.2. The fourth-order valence-electron chi connectivity index (χ4n) is 4.77. The van der Waals surface area contributed by atoms with Gasteiger partial charge in [0.15, 0.2) is 0 Å². The summed E-state index contributed by atoms with van der Waals surface area (Å²) in [6.45, 7) is 9.06. The summed E-state index contributed by atoms with van der Waals surface area (Å²) >= 11 is 1.71. The monoisotopic (exact) mass is 517 g/mol. The normalized spacial score (nSPS) is 16.2. The second kappa shape index (κ2) is 10.7. The van der Waals surface area contributed by atoms with Crippen LogP contribution in [0.15, 0.2) is 65.6 Å². The average Bonchev–Trinajstić information content (AvgIpc) is 2.89. The molecular formula is C31H32FNO3S. The van der Waals surface area contributed by atoms with Crippen LogP contribution in [-0.2, 0) is 16.6 Å². The van der Waals surface area contributed by atoms with Gasteiger partial charge in [-0.15, -0.1) is 11.8 Å². The van der Waals surface area contributed by atoms with Gasteiger partial charge in [-0.1, -0.05) is 57.7 Å². The number of aliphatic hydroxyl groups is 1. The third-order valence-electron chi connectivity index (χ3n) is 7.13. The second-order valence-electron chi connectivity index (χ2n) is 10.8. The first kappa shape index (κ1) is 26.9. The van der Waals surface area contributed by atoms with E-state index in [9.17, 15) is 14.3 Å². The lowest BCUT2D eigenvalue weighted by atomic mass is 9.63. The molecular weight excluding hydrogens is 485 g/mol. The van der Waals surface area contributed by atoms with E-state index < -0.39 is 12.0 Å². The third kappa shape index (κ3) is 6.07. The summed E-state index contributed by atoms with van der Waals surface area (Å²) in [6.07, 6.45) is 1.13. The summed E-state index contributed by atoms with van der Waals surface area (Å²) in [4.78, 5) is 12.6. The topological polar surface area (TPSA) is 69.6 Å². The minimum Gasteiger partial charge on any atom is -0.376 e. The van der Waals surface area contributed by atoms with Crippen LogP contribution in [0.1, 0.15) is 84.8 Å². The van der Waals surface area contributed by atoms with E-state index >= 15 is 0 Å². The number of hydroxylamine groups is 1. The molecule has 3 N–H and O–H groups in total. The summed E-state index contributed by atoms with van der Waals surface area (Å²) in [5.41, 5.74) is 6.87. The zero-order valence-electron chi connectivity index (χ0n) is 21.6. The number of halogens is 1.